The number of anilines is 2. The van der Waals surface area contributed by atoms with Gasteiger partial charge in [0.25, 0.3) is 0 Å². The molecule has 5 rings (SSSR count). The number of aromatic nitrogens is 1. The fraction of sp³-hybridized carbons (Fsp3) is 0.143. The lowest BCUT2D eigenvalue weighted by molar-refractivity contribution is 0.415. The maximum absolute atomic E-state index is 6.39. The molecule has 7 nitrogen and oxygen atoms in total. The summed E-state index contributed by atoms with van der Waals surface area (Å²) < 4.78 is 13.2. The van der Waals surface area contributed by atoms with Crippen LogP contribution in [0.25, 0.3) is 32.9 Å². The van der Waals surface area contributed by atoms with Crippen LogP contribution in [0.4, 0.5) is 22.7 Å². The van der Waals surface area contributed by atoms with Crippen molar-refractivity contribution in [3.63, 3.8) is 0 Å². The van der Waals surface area contributed by atoms with Crippen LogP contribution in [0.1, 0.15) is 6.92 Å². The lowest BCUT2D eigenvalue weighted by Gasteiger charge is -2.10. The van der Waals surface area contributed by atoms with E-state index in [-0.39, 0.29) is 0 Å². The molecule has 0 bridgehead atoms. The molecule has 1 heterocycles. The predicted octanol–water partition coefficient (Wildman–Crippen LogP) is 7.08. The van der Waals surface area contributed by atoms with Gasteiger partial charge in [0.1, 0.15) is 22.9 Å². The molecule has 176 valence electrons. The molecule has 0 atom stereocenters. The Morgan fingerprint density at radius 2 is 1.37 bits per heavy atom. The van der Waals surface area contributed by atoms with Crippen LogP contribution >= 0.6 is 0 Å². The van der Waals surface area contributed by atoms with Gasteiger partial charge in [0, 0.05) is 22.8 Å². The Morgan fingerprint density at radius 1 is 0.686 bits per heavy atom. The molecule has 5 aromatic rings. The molecule has 0 fully saturated rings. The number of aryl methyl sites for hydroxylation is 1. The maximum atomic E-state index is 6.39. The molecule has 0 unspecified atom stereocenters. The molecule has 0 aliphatic heterocycles. The first-order chi connectivity index (χ1) is 17.0. The quantitative estimate of drug-likeness (QED) is 0.207. The summed E-state index contributed by atoms with van der Waals surface area (Å²) in [4.78, 5) is 0. The molecule has 0 aliphatic carbocycles. The molecule has 4 N–H and O–H groups in total. The number of azo groups is 1. The van der Waals surface area contributed by atoms with E-state index in [2.05, 4.69) is 33.9 Å². The molecule has 0 aliphatic rings. The highest BCUT2D eigenvalue weighted by molar-refractivity contribution is 6.10. The van der Waals surface area contributed by atoms with E-state index in [1.54, 1.807) is 14.2 Å². The van der Waals surface area contributed by atoms with Crippen LogP contribution in [-0.2, 0) is 6.54 Å². The molecule has 4 aromatic carbocycles. The normalized spacial score (nSPS) is 11.5. The average Bonchev–Trinajstić information content (AvgIpc) is 3.19. The lowest BCUT2D eigenvalue weighted by Crippen LogP contribution is -1.93. The van der Waals surface area contributed by atoms with Crippen molar-refractivity contribution in [3.8, 4) is 22.6 Å². The molecule has 0 saturated carbocycles. The van der Waals surface area contributed by atoms with E-state index >= 15 is 0 Å². The largest absolute Gasteiger partial charge is 0.495 e. The number of para-hydroxylation sites is 1. The number of hydrogen-bond donors (Lipinski definition) is 2. The molecule has 7 heteroatoms. The van der Waals surface area contributed by atoms with Crippen LogP contribution in [0.15, 0.2) is 83.0 Å². The summed E-state index contributed by atoms with van der Waals surface area (Å²) in [5.74, 6) is 1.23. The van der Waals surface area contributed by atoms with Crippen LogP contribution < -0.4 is 20.9 Å². The van der Waals surface area contributed by atoms with Gasteiger partial charge in [0.05, 0.1) is 31.1 Å². The second-order valence-electron chi connectivity index (χ2n) is 8.23. The highest BCUT2D eigenvalue weighted by atomic mass is 16.5. The first kappa shape index (κ1) is 22.3. The Morgan fingerprint density at radius 3 is 2.11 bits per heavy atom. The molecule has 0 radical (unpaired) electrons. The molecule has 35 heavy (non-hydrogen) atoms. The fourth-order valence-corrected chi connectivity index (χ4v) is 4.47. The summed E-state index contributed by atoms with van der Waals surface area (Å²) in [6, 6.07) is 23.7. The number of hydrogen-bond acceptors (Lipinski definition) is 6. The second-order valence-corrected chi connectivity index (χ2v) is 8.23. The van der Waals surface area contributed by atoms with Gasteiger partial charge in [-0.2, -0.15) is 0 Å². The summed E-state index contributed by atoms with van der Waals surface area (Å²) in [6.45, 7) is 2.97. The van der Waals surface area contributed by atoms with Crippen molar-refractivity contribution in [3.05, 3.63) is 72.8 Å². The molecular weight excluding hydrogens is 438 g/mol. The van der Waals surface area contributed by atoms with Crippen molar-refractivity contribution in [2.75, 3.05) is 25.7 Å². The molecule has 0 spiro atoms. The van der Waals surface area contributed by atoms with E-state index < -0.39 is 0 Å². The van der Waals surface area contributed by atoms with Crippen molar-refractivity contribution >= 4 is 44.6 Å². The standard InChI is InChI=1S/C28H27N5O2/c1-4-33-25-8-6-5-7-19(25)20-15-22(30)24(16-26(20)33)32-31-23-12-10-18(14-28(23)35-3)17-9-11-21(29)27(13-17)34-2/h5-16H,4,29-30H2,1-3H3. The summed E-state index contributed by atoms with van der Waals surface area (Å²) in [5.41, 5.74) is 18.9. The first-order valence-electron chi connectivity index (χ1n) is 11.4. The second kappa shape index (κ2) is 9.02. The number of nitrogens with two attached hydrogens (primary N) is 2. The number of fused-ring (bicyclic) bond motifs is 3. The number of ether oxygens (including phenoxy) is 2. The average molecular weight is 466 g/mol. The first-order valence-corrected chi connectivity index (χ1v) is 11.4. The van der Waals surface area contributed by atoms with Gasteiger partial charge < -0.3 is 25.5 Å². The smallest absolute Gasteiger partial charge is 0.146 e. The third kappa shape index (κ3) is 3.91. The van der Waals surface area contributed by atoms with E-state index in [9.17, 15) is 0 Å². The number of rotatable bonds is 6. The van der Waals surface area contributed by atoms with Crippen LogP contribution in [0.2, 0.25) is 0 Å². The summed E-state index contributed by atoms with van der Waals surface area (Å²) >= 11 is 0. The Balaban J connectivity index is 1.53. The molecule has 0 amide bonds. The summed E-state index contributed by atoms with van der Waals surface area (Å²) in [5, 5.41) is 11.3. The third-order valence-corrected chi connectivity index (χ3v) is 6.25. The van der Waals surface area contributed by atoms with Gasteiger partial charge in [-0.05, 0) is 60.5 Å². The van der Waals surface area contributed by atoms with Gasteiger partial charge >= 0.3 is 0 Å². The van der Waals surface area contributed by atoms with Gasteiger partial charge in [-0.3, -0.25) is 0 Å². The zero-order chi connectivity index (χ0) is 24.5. The number of benzene rings is 4. The van der Waals surface area contributed by atoms with Crippen molar-refractivity contribution < 1.29 is 9.47 Å². The summed E-state index contributed by atoms with van der Waals surface area (Å²) in [6.07, 6.45) is 0. The minimum Gasteiger partial charge on any atom is -0.495 e. The molecule has 0 saturated heterocycles. The van der Waals surface area contributed by atoms with Crippen molar-refractivity contribution in [1.82, 2.24) is 4.57 Å². The number of nitrogens with zero attached hydrogens (tertiary/aromatic N) is 3. The van der Waals surface area contributed by atoms with Crippen molar-refractivity contribution in [2.24, 2.45) is 10.2 Å². The van der Waals surface area contributed by atoms with Crippen LogP contribution in [-0.4, -0.2) is 18.8 Å². The number of nitrogen functional groups attached to an aromatic ring is 2. The van der Waals surface area contributed by atoms with Gasteiger partial charge in [-0.15, -0.1) is 10.2 Å². The van der Waals surface area contributed by atoms with Crippen LogP contribution in [0, 0.1) is 0 Å². The topological polar surface area (TPSA) is 100 Å². The summed E-state index contributed by atoms with van der Waals surface area (Å²) in [7, 11) is 3.21. The zero-order valence-electron chi connectivity index (χ0n) is 19.9. The maximum Gasteiger partial charge on any atom is 0.146 e. The van der Waals surface area contributed by atoms with E-state index in [0.29, 0.717) is 34.2 Å². The molecule has 1 aromatic heterocycles. The van der Waals surface area contributed by atoms with Gasteiger partial charge in [-0.1, -0.05) is 30.3 Å². The molecular formula is C28H27N5O2. The van der Waals surface area contributed by atoms with Crippen molar-refractivity contribution in [2.45, 2.75) is 13.5 Å². The van der Waals surface area contributed by atoms with Crippen LogP contribution in [0.5, 0.6) is 11.5 Å². The lowest BCUT2D eigenvalue weighted by atomic mass is 10.0. The minimum atomic E-state index is 0.574. The Labute approximate surface area is 203 Å². The van der Waals surface area contributed by atoms with E-state index in [0.717, 1.165) is 28.6 Å². The minimum absolute atomic E-state index is 0.574. The Hall–Kier alpha value is -4.52. The zero-order valence-corrected chi connectivity index (χ0v) is 19.9. The fourth-order valence-electron chi connectivity index (χ4n) is 4.47. The van der Waals surface area contributed by atoms with Crippen molar-refractivity contribution in [1.29, 1.82) is 0 Å². The highest BCUT2D eigenvalue weighted by Gasteiger charge is 2.13. The highest BCUT2D eigenvalue weighted by Crippen LogP contribution is 2.38. The van der Waals surface area contributed by atoms with E-state index in [1.165, 1.54) is 10.9 Å². The van der Waals surface area contributed by atoms with E-state index in [4.69, 9.17) is 20.9 Å². The van der Waals surface area contributed by atoms with Crippen LogP contribution in [0.3, 0.4) is 0 Å². The van der Waals surface area contributed by atoms with E-state index in [1.807, 2.05) is 60.7 Å². The van der Waals surface area contributed by atoms with Gasteiger partial charge in [-0.25, -0.2) is 0 Å². The van der Waals surface area contributed by atoms with Gasteiger partial charge in [0.2, 0.25) is 0 Å². The SMILES string of the molecule is CCn1c2ccccc2c2cc(N)c(N=Nc3ccc(-c4ccc(N)c(OC)c4)cc3OC)cc21. The Bertz CT molecular complexity index is 1590. The number of methoxy groups -OCH3 is 2. The monoisotopic (exact) mass is 465 g/mol. The Kier molecular flexibility index (Phi) is 5.74. The predicted molar refractivity (Wildman–Crippen MR) is 143 cm³/mol. The van der Waals surface area contributed by atoms with Gasteiger partial charge in [0.15, 0.2) is 0 Å². The third-order valence-electron chi connectivity index (χ3n) is 6.25.